The smallest absolute Gasteiger partial charge is 0.306 e. The molecule has 0 unspecified atom stereocenters. The number of carbonyl (C=O) groups is 2. The van der Waals surface area contributed by atoms with Gasteiger partial charge in [-0.3, -0.25) is 9.59 Å². The second kappa shape index (κ2) is 12.3. The van der Waals surface area contributed by atoms with Gasteiger partial charge in [-0.25, -0.2) is 0 Å². The van der Waals surface area contributed by atoms with Gasteiger partial charge in [-0.2, -0.15) is 0 Å². The van der Waals surface area contributed by atoms with Gasteiger partial charge < -0.3 is 20.1 Å². The summed E-state index contributed by atoms with van der Waals surface area (Å²) in [5, 5.41) is 5.70. The van der Waals surface area contributed by atoms with Crippen molar-refractivity contribution in [1.82, 2.24) is 5.32 Å². The fourth-order valence-corrected chi connectivity index (χ4v) is 3.49. The maximum absolute atomic E-state index is 11.8. The number of hydrogen-bond donors (Lipinski definition) is 2. The molecule has 1 fully saturated rings. The Balaban J connectivity index is 1.65. The van der Waals surface area contributed by atoms with Crippen LogP contribution in [-0.2, 0) is 14.3 Å². The van der Waals surface area contributed by atoms with E-state index in [0.29, 0.717) is 6.61 Å². The van der Waals surface area contributed by atoms with Crippen LogP contribution < -0.4 is 15.4 Å². The number of thiocarbonyl (C=S) groups is 1. The van der Waals surface area contributed by atoms with Crippen LogP contribution in [0.2, 0.25) is 0 Å². The highest BCUT2D eigenvalue weighted by molar-refractivity contribution is 7.80. The van der Waals surface area contributed by atoms with E-state index >= 15 is 0 Å². The molecule has 1 aromatic rings. The largest absolute Gasteiger partial charge is 0.494 e. The molecule has 0 radical (unpaired) electrons. The molecule has 0 saturated heterocycles. The summed E-state index contributed by atoms with van der Waals surface area (Å²) in [7, 11) is 0. The van der Waals surface area contributed by atoms with Crippen molar-refractivity contribution in [3.63, 3.8) is 0 Å². The minimum atomic E-state index is -0.393. The van der Waals surface area contributed by atoms with Crippen LogP contribution in [0.5, 0.6) is 5.75 Å². The zero-order valence-electron chi connectivity index (χ0n) is 16.5. The summed E-state index contributed by atoms with van der Waals surface area (Å²) in [5.74, 6) is 0.911. The molecule has 28 heavy (non-hydrogen) atoms. The van der Waals surface area contributed by atoms with Gasteiger partial charge >= 0.3 is 5.97 Å². The van der Waals surface area contributed by atoms with Crippen molar-refractivity contribution < 1.29 is 19.1 Å². The van der Waals surface area contributed by atoms with Crippen molar-refractivity contribution >= 4 is 34.9 Å². The Kier molecular flexibility index (Phi) is 9.76. The lowest BCUT2D eigenvalue weighted by Crippen LogP contribution is -2.34. The fraction of sp³-hybridized carbons (Fsp3) is 0.571. The van der Waals surface area contributed by atoms with Crippen molar-refractivity contribution in [3.8, 4) is 5.75 Å². The van der Waals surface area contributed by atoms with Gasteiger partial charge in [-0.15, -0.1) is 0 Å². The van der Waals surface area contributed by atoms with Crippen LogP contribution in [0.15, 0.2) is 24.3 Å². The number of rotatable bonds is 9. The van der Waals surface area contributed by atoms with Crippen molar-refractivity contribution in [1.29, 1.82) is 0 Å². The van der Waals surface area contributed by atoms with Gasteiger partial charge in [0.15, 0.2) is 5.11 Å². The Bertz CT molecular complexity index is 642. The average Bonchev–Trinajstić information content (AvgIpc) is 2.69. The molecule has 1 saturated carbocycles. The van der Waals surface area contributed by atoms with Gasteiger partial charge in [-0.1, -0.05) is 32.1 Å². The minimum Gasteiger partial charge on any atom is -0.494 e. The minimum absolute atomic E-state index is 0.0361. The van der Waals surface area contributed by atoms with E-state index in [1.807, 2.05) is 24.3 Å². The Morgan fingerprint density at radius 1 is 1.11 bits per heavy atom. The molecule has 0 bridgehead atoms. The van der Waals surface area contributed by atoms with Crippen molar-refractivity contribution in [2.45, 2.75) is 58.3 Å². The number of carbonyl (C=O) groups excluding carboxylic acids is 2. The average molecular weight is 407 g/mol. The summed E-state index contributed by atoms with van der Waals surface area (Å²) in [4.78, 5) is 23.0. The van der Waals surface area contributed by atoms with Gasteiger partial charge in [0.2, 0.25) is 5.91 Å². The van der Waals surface area contributed by atoms with Crippen LogP contribution in [0.25, 0.3) is 0 Å². The highest BCUT2D eigenvalue weighted by atomic mass is 32.1. The zero-order valence-corrected chi connectivity index (χ0v) is 17.3. The van der Waals surface area contributed by atoms with E-state index in [9.17, 15) is 9.59 Å². The summed E-state index contributed by atoms with van der Waals surface area (Å²) in [6.45, 7) is 2.78. The van der Waals surface area contributed by atoms with E-state index in [1.54, 1.807) is 6.92 Å². The Morgan fingerprint density at radius 3 is 2.50 bits per heavy atom. The highest BCUT2D eigenvalue weighted by Crippen LogP contribution is 2.26. The second-order valence-corrected chi connectivity index (χ2v) is 7.38. The van der Waals surface area contributed by atoms with E-state index in [-0.39, 0.29) is 23.9 Å². The summed E-state index contributed by atoms with van der Waals surface area (Å²) >= 11 is 5.13. The number of anilines is 1. The standard InChI is InChI=1S/C21H30N2O4S/c1-2-26-20(25)13-12-19(24)23-21(28)22-17-8-10-18(11-9-17)27-15-14-16-6-4-3-5-7-16/h8-11,16H,2-7,12-15H2,1H3,(H2,22,23,24,28). The number of hydrogen-bond acceptors (Lipinski definition) is 5. The molecular weight excluding hydrogens is 376 g/mol. The first-order valence-corrected chi connectivity index (χ1v) is 10.5. The molecule has 0 atom stereocenters. The van der Waals surface area contributed by atoms with Crippen LogP contribution in [0.4, 0.5) is 5.69 Å². The summed E-state index contributed by atoms with van der Waals surface area (Å²) < 4.78 is 10.6. The molecule has 0 aromatic heterocycles. The molecule has 0 aliphatic heterocycles. The molecule has 0 heterocycles. The monoisotopic (exact) mass is 406 g/mol. The van der Waals surface area contributed by atoms with E-state index in [0.717, 1.165) is 30.4 Å². The third kappa shape index (κ3) is 8.69. The molecule has 2 rings (SSSR count). The molecule has 1 aromatic carbocycles. The predicted octanol–water partition coefficient (Wildman–Crippen LogP) is 4.19. The Hall–Kier alpha value is -2.15. The maximum atomic E-state index is 11.8. The zero-order chi connectivity index (χ0) is 20.2. The van der Waals surface area contributed by atoms with Gasteiger partial charge in [0, 0.05) is 12.1 Å². The van der Waals surface area contributed by atoms with Crippen LogP contribution >= 0.6 is 12.2 Å². The lowest BCUT2D eigenvalue weighted by molar-refractivity contribution is -0.144. The van der Waals surface area contributed by atoms with Crippen LogP contribution in [0.1, 0.15) is 58.3 Å². The van der Waals surface area contributed by atoms with Gasteiger partial charge in [-0.05, 0) is 55.7 Å². The molecule has 1 aliphatic carbocycles. The normalized spacial score (nSPS) is 14.2. The third-order valence-corrected chi connectivity index (χ3v) is 4.95. The highest BCUT2D eigenvalue weighted by Gasteiger charge is 2.13. The van der Waals surface area contributed by atoms with Crippen molar-refractivity contribution in [2.75, 3.05) is 18.5 Å². The molecule has 7 heteroatoms. The van der Waals surface area contributed by atoms with E-state index in [1.165, 1.54) is 32.1 Å². The molecule has 2 N–H and O–H groups in total. The van der Waals surface area contributed by atoms with Crippen LogP contribution in [-0.4, -0.2) is 30.2 Å². The lowest BCUT2D eigenvalue weighted by Gasteiger charge is -2.21. The Morgan fingerprint density at radius 2 is 1.82 bits per heavy atom. The number of esters is 1. The summed E-state index contributed by atoms with van der Waals surface area (Å²) in [6.07, 6.45) is 7.92. The molecule has 1 amide bonds. The molecule has 154 valence electrons. The van der Waals surface area contributed by atoms with E-state index in [4.69, 9.17) is 21.7 Å². The van der Waals surface area contributed by atoms with Crippen molar-refractivity contribution in [3.05, 3.63) is 24.3 Å². The summed E-state index contributed by atoms with van der Waals surface area (Å²) in [5.41, 5.74) is 0.760. The molecule has 1 aliphatic rings. The quantitative estimate of drug-likeness (QED) is 0.473. The fourth-order valence-electron chi connectivity index (χ4n) is 3.25. The molecular formula is C21H30N2O4S. The van der Waals surface area contributed by atoms with Crippen LogP contribution in [0.3, 0.4) is 0 Å². The predicted molar refractivity (Wildman–Crippen MR) is 113 cm³/mol. The first-order chi connectivity index (χ1) is 13.6. The number of amides is 1. The lowest BCUT2D eigenvalue weighted by atomic mass is 9.87. The number of nitrogens with one attached hydrogen (secondary N) is 2. The van der Waals surface area contributed by atoms with Crippen LogP contribution in [0, 0.1) is 5.92 Å². The third-order valence-electron chi connectivity index (χ3n) is 4.75. The maximum Gasteiger partial charge on any atom is 0.306 e. The second-order valence-electron chi connectivity index (χ2n) is 6.97. The van der Waals surface area contributed by atoms with Gasteiger partial charge in [0.25, 0.3) is 0 Å². The number of benzene rings is 1. The first-order valence-electron chi connectivity index (χ1n) is 10.1. The van der Waals surface area contributed by atoms with Crippen molar-refractivity contribution in [2.24, 2.45) is 5.92 Å². The van der Waals surface area contributed by atoms with Gasteiger partial charge in [0.1, 0.15) is 5.75 Å². The van der Waals surface area contributed by atoms with E-state index in [2.05, 4.69) is 10.6 Å². The summed E-state index contributed by atoms with van der Waals surface area (Å²) in [6, 6.07) is 7.48. The SMILES string of the molecule is CCOC(=O)CCC(=O)NC(=S)Nc1ccc(OCCC2CCCCC2)cc1. The first kappa shape index (κ1) is 22.1. The number of ether oxygens (including phenoxy) is 2. The van der Waals surface area contributed by atoms with Gasteiger partial charge in [0.05, 0.1) is 19.6 Å². The topological polar surface area (TPSA) is 76.7 Å². The molecule has 6 nitrogen and oxygen atoms in total. The Labute approximate surface area is 172 Å². The van der Waals surface area contributed by atoms with E-state index < -0.39 is 5.97 Å². The molecule has 0 spiro atoms.